The summed E-state index contributed by atoms with van der Waals surface area (Å²) >= 11 is 5.06. The van der Waals surface area contributed by atoms with Gasteiger partial charge in [-0.15, -0.1) is 17.9 Å². The number of benzene rings is 1. The average Bonchev–Trinajstić information content (AvgIpc) is 3.44. The summed E-state index contributed by atoms with van der Waals surface area (Å²) in [4.78, 5) is 18.5. The molecule has 1 saturated heterocycles. The Morgan fingerprint density at radius 2 is 2.28 bits per heavy atom. The van der Waals surface area contributed by atoms with E-state index in [1.807, 2.05) is 41.6 Å². The standard InChI is InChI=1S/C28H31BrN2O4S/c1-4-12-31-13-11-27-24-17-5-7-21(34-3)25(24)35-26(27)20(9-10-28(27,33)22(31)14-17)30(2)23(32)8-6-19-15-18(29)16-36-19/h4-8,15-16,20,22,26,33H,1,9-14H2,2-3H3/b8-6+/t20-,22-,26+,27+,28-/m1/s1. The molecule has 6 rings (SSSR count). The number of likely N-dealkylation sites (tertiary alicyclic amines) is 1. The van der Waals surface area contributed by atoms with Gasteiger partial charge in [0.1, 0.15) is 6.10 Å². The minimum absolute atomic E-state index is 0.0127. The minimum atomic E-state index is -0.941. The number of aliphatic hydroxyl groups is 1. The Morgan fingerprint density at radius 3 is 3.00 bits per heavy atom. The SMILES string of the molecule is C=CCN1CC[C@]23c4c5ccc(OC)c4O[C@H]2[C@H](N(C)C(=O)/C=C/c2cc(Br)cs2)CC[C@@]3(O)[C@H]1C5. The van der Waals surface area contributed by atoms with Gasteiger partial charge in [0.15, 0.2) is 11.5 Å². The number of nitrogens with zero attached hydrogens (tertiary/aromatic N) is 2. The number of hydrogen-bond acceptors (Lipinski definition) is 6. The maximum atomic E-state index is 13.3. The Hall–Kier alpha value is -2.13. The zero-order valence-corrected chi connectivity index (χ0v) is 23.0. The molecule has 2 bridgehead atoms. The number of halogens is 1. The maximum Gasteiger partial charge on any atom is 0.246 e. The first-order chi connectivity index (χ1) is 17.3. The van der Waals surface area contributed by atoms with E-state index in [4.69, 9.17) is 9.47 Å². The molecular formula is C28H31BrN2O4S. The Morgan fingerprint density at radius 1 is 1.44 bits per heavy atom. The Bertz CT molecular complexity index is 1260. The summed E-state index contributed by atoms with van der Waals surface area (Å²) in [6.45, 7) is 5.56. The first-order valence-electron chi connectivity index (χ1n) is 12.5. The number of rotatable bonds is 6. The second-order valence-electron chi connectivity index (χ2n) is 10.4. The van der Waals surface area contributed by atoms with Gasteiger partial charge in [-0.25, -0.2) is 0 Å². The minimum Gasteiger partial charge on any atom is -0.493 e. The van der Waals surface area contributed by atoms with Crippen LogP contribution in [-0.2, 0) is 16.6 Å². The molecule has 0 unspecified atom stereocenters. The molecular weight excluding hydrogens is 540 g/mol. The van der Waals surface area contributed by atoms with Gasteiger partial charge in [-0.05, 0) is 71.9 Å². The normalized spacial score (nSPS) is 32.2. The van der Waals surface area contributed by atoms with Crippen LogP contribution >= 0.6 is 27.3 Å². The van der Waals surface area contributed by atoms with E-state index in [0.717, 1.165) is 46.6 Å². The van der Waals surface area contributed by atoms with Gasteiger partial charge in [0, 0.05) is 46.0 Å². The maximum absolute atomic E-state index is 13.3. The van der Waals surface area contributed by atoms with Crippen molar-refractivity contribution in [1.29, 1.82) is 0 Å². The van der Waals surface area contributed by atoms with Gasteiger partial charge in [-0.2, -0.15) is 0 Å². The van der Waals surface area contributed by atoms with Gasteiger partial charge >= 0.3 is 0 Å². The lowest BCUT2D eigenvalue weighted by Crippen LogP contribution is -2.78. The number of carbonyl (C=O) groups excluding carboxylic acids is 1. The topological polar surface area (TPSA) is 62.2 Å². The van der Waals surface area contributed by atoms with Crippen LogP contribution in [0, 0.1) is 0 Å². The Kier molecular flexibility index (Phi) is 5.87. The van der Waals surface area contributed by atoms with Gasteiger partial charge < -0.3 is 19.5 Å². The highest BCUT2D eigenvalue weighted by Crippen LogP contribution is 2.65. The van der Waals surface area contributed by atoms with E-state index < -0.39 is 11.0 Å². The molecule has 2 aromatic rings. The van der Waals surface area contributed by atoms with E-state index in [2.05, 4.69) is 33.5 Å². The highest BCUT2D eigenvalue weighted by Gasteiger charge is 2.73. The van der Waals surface area contributed by atoms with Crippen LogP contribution in [0.3, 0.4) is 0 Å². The van der Waals surface area contributed by atoms with Crippen LogP contribution in [0.1, 0.15) is 35.3 Å². The van der Waals surface area contributed by atoms with Gasteiger partial charge in [-0.3, -0.25) is 9.69 Å². The van der Waals surface area contributed by atoms with Crippen LogP contribution in [0.15, 0.2) is 46.8 Å². The Labute approximate surface area is 224 Å². The molecule has 1 N–H and O–H groups in total. The number of likely N-dealkylation sites (N-methyl/N-ethyl adjacent to an activating group) is 1. The van der Waals surface area contributed by atoms with Crippen molar-refractivity contribution in [3.05, 3.63) is 62.8 Å². The summed E-state index contributed by atoms with van der Waals surface area (Å²) in [5.74, 6) is 1.39. The molecule has 5 atom stereocenters. The molecule has 1 amide bonds. The van der Waals surface area contributed by atoms with E-state index in [9.17, 15) is 9.90 Å². The van der Waals surface area contributed by atoms with Crippen LogP contribution in [0.2, 0.25) is 0 Å². The second kappa shape index (κ2) is 8.72. The molecule has 36 heavy (non-hydrogen) atoms. The van der Waals surface area contributed by atoms with Crippen molar-refractivity contribution in [3.8, 4) is 11.5 Å². The summed E-state index contributed by atoms with van der Waals surface area (Å²) in [5, 5.41) is 14.5. The van der Waals surface area contributed by atoms with Gasteiger partial charge in [0.05, 0.1) is 24.2 Å². The number of piperidine rings is 1. The van der Waals surface area contributed by atoms with Crippen LogP contribution < -0.4 is 9.47 Å². The third-order valence-corrected chi connectivity index (χ3v) is 10.6. The van der Waals surface area contributed by atoms with Gasteiger partial charge in [0.25, 0.3) is 0 Å². The van der Waals surface area contributed by atoms with E-state index in [0.29, 0.717) is 18.6 Å². The number of amides is 1. The van der Waals surface area contributed by atoms with E-state index >= 15 is 0 Å². The number of carbonyl (C=O) groups is 1. The van der Waals surface area contributed by atoms with Crippen LogP contribution in [0.4, 0.5) is 0 Å². The van der Waals surface area contributed by atoms with Crippen molar-refractivity contribution in [3.63, 3.8) is 0 Å². The monoisotopic (exact) mass is 570 g/mol. The quantitative estimate of drug-likeness (QED) is 0.412. The lowest BCUT2D eigenvalue weighted by molar-refractivity contribution is -0.198. The fourth-order valence-corrected chi connectivity index (χ4v) is 8.72. The van der Waals surface area contributed by atoms with E-state index in [1.54, 1.807) is 24.5 Å². The third kappa shape index (κ3) is 3.24. The molecule has 2 aliphatic heterocycles. The molecule has 2 fully saturated rings. The second-order valence-corrected chi connectivity index (χ2v) is 12.2. The van der Waals surface area contributed by atoms with E-state index in [1.165, 1.54) is 5.56 Å². The average molecular weight is 572 g/mol. The first-order valence-corrected chi connectivity index (χ1v) is 14.1. The van der Waals surface area contributed by atoms with Crippen molar-refractivity contribution in [2.24, 2.45) is 0 Å². The summed E-state index contributed by atoms with van der Waals surface area (Å²) in [6, 6.07) is 5.94. The number of thiophene rings is 1. The van der Waals surface area contributed by atoms with Gasteiger partial charge in [-0.1, -0.05) is 12.1 Å². The smallest absolute Gasteiger partial charge is 0.246 e. The van der Waals surface area contributed by atoms with Crippen molar-refractivity contribution in [1.82, 2.24) is 9.80 Å². The van der Waals surface area contributed by atoms with Crippen molar-refractivity contribution in [2.45, 2.75) is 54.9 Å². The fourth-order valence-electron chi connectivity index (χ4n) is 7.39. The predicted octanol–water partition coefficient (Wildman–Crippen LogP) is 4.40. The summed E-state index contributed by atoms with van der Waals surface area (Å²) in [5.41, 5.74) is 0.804. The predicted molar refractivity (Wildman–Crippen MR) is 145 cm³/mol. The van der Waals surface area contributed by atoms with Crippen molar-refractivity contribution in [2.75, 3.05) is 27.2 Å². The van der Waals surface area contributed by atoms with Crippen LogP contribution in [0.5, 0.6) is 11.5 Å². The molecule has 190 valence electrons. The number of hydrogen-bond donors (Lipinski definition) is 1. The van der Waals surface area contributed by atoms with Crippen LogP contribution in [-0.4, -0.2) is 71.8 Å². The summed E-state index contributed by atoms with van der Waals surface area (Å²) in [7, 11) is 3.52. The molecule has 1 aromatic heterocycles. The summed E-state index contributed by atoms with van der Waals surface area (Å²) in [6.07, 6.45) is 7.92. The molecule has 3 heterocycles. The molecule has 4 aliphatic rings. The van der Waals surface area contributed by atoms with E-state index in [-0.39, 0.29) is 24.1 Å². The molecule has 2 aliphatic carbocycles. The van der Waals surface area contributed by atoms with Crippen molar-refractivity contribution < 1.29 is 19.4 Å². The van der Waals surface area contributed by atoms with Crippen molar-refractivity contribution >= 4 is 39.2 Å². The Balaban J connectivity index is 1.40. The zero-order valence-electron chi connectivity index (χ0n) is 20.6. The first kappa shape index (κ1) is 24.2. The summed E-state index contributed by atoms with van der Waals surface area (Å²) < 4.78 is 13.5. The third-order valence-electron chi connectivity index (χ3n) is 8.93. The molecule has 1 saturated carbocycles. The molecule has 1 spiro atoms. The fraction of sp³-hybridized carbons (Fsp3) is 0.464. The highest BCUT2D eigenvalue weighted by molar-refractivity contribution is 9.10. The lowest BCUT2D eigenvalue weighted by atomic mass is 9.48. The molecule has 6 nitrogen and oxygen atoms in total. The molecule has 0 radical (unpaired) electrons. The zero-order chi connectivity index (χ0) is 25.2. The highest BCUT2D eigenvalue weighted by atomic mass is 79.9. The molecule has 8 heteroatoms. The largest absolute Gasteiger partial charge is 0.493 e. The lowest BCUT2D eigenvalue weighted by Gasteiger charge is -2.64. The van der Waals surface area contributed by atoms with Gasteiger partial charge in [0.2, 0.25) is 5.91 Å². The molecule has 1 aromatic carbocycles. The number of methoxy groups -OCH3 is 1. The number of ether oxygens (including phenoxy) is 2. The van der Waals surface area contributed by atoms with Crippen LogP contribution in [0.25, 0.3) is 6.08 Å².